The number of aliphatic carboxylic acids is 1. The van der Waals surface area contributed by atoms with E-state index < -0.39 is 24.4 Å². The molecule has 3 aromatic carbocycles. The number of thiocarbonyl (C=S) groups is 1. The Morgan fingerprint density at radius 3 is 2.35 bits per heavy atom. The van der Waals surface area contributed by atoms with Gasteiger partial charge in [0, 0.05) is 0 Å². The van der Waals surface area contributed by atoms with E-state index in [9.17, 15) is 14.4 Å². The van der Waals surface area contributed by atoms with Crippen LogP contribution in [0.5, 0.6) is 23.0 Å². The van der Waals surface area contributed by atoms with Crippen LogP contribution in [-0.4, -0.2) is 41.2 Å². The molecule has 0 saturated carbocycles. The van der Waals surface area contributed by atoms with Gasteiger partial charge in [-0.25, -0.2) is 4.79 Å². The van der Waals surface area contributed by atoms with Crippen molar-refractivity contribution >= 4 is 46.9 Å². The molecule has 2 amide bonds. The fourth-order valence-corrected chi connectivity index (χ4v) is 3.77. The highest BCUT2D eigenvalue weighted by Crippen LogP contribution is 2.31. The van der Waals surface area contributed by atoms with Gasteiger partial charge in [0.1, 0.15) is 17.1 Å². The summed E-state index contributed by atoms with van der Waals surface area (Å²) in [5.41, 5.74) is 0.789. The number of nitrogens with one attached hydrogen (secondary N) is 1. The average molecular weight is 519 g/mol. The molecule has 37 heavy (non-hydrogen) atoms. The van der Waals surface area contributed by atoms with Crippen molar-refractivity contribution in [3.05, 3.63) is 83.9 Å². The number of carbonyl (C=O) groups is 3. The van der Waals surface area contributed by atoms with E-state index in [1.807, 2.05) is 30.3 Å². The summed E-state index contributed by atoms with van der Waals surface area (Å²) in [6, 6.07) is 20.6. The van der Waals surface area contributed by atoms with Crippen LogP contribution in [0.3, 0.4) is 0 Å². The number of rotatable bonds is 9. The maximum atomic E-state index is 13.3. The van der Waals surface area contributed by atoms with Gasteiger partial charge in [-0.2, -0.15) is 0 Å². The van der Waals surface area contributed by atoms with Gasteiger partial charge >= 0.3 is 5.97 Å². The smallest absolute Gasteiger partial charge is 0.341 e. The Bertz CT molecular complexity index is 1370. The van der Waals surface area contributed by atoms with Crippen LogP contribution in [0, 0.1) is 0 Å². The van der Waals surface area contributed by atoms with E-state index in [2.05, 4.69) is 5.32 Å². The van der Waals surface area contributed by atoms with Gasteiger partial charge in [0.2, 0.25) is 0 Å². The van der Waals surface area contributed by atoms with Crippen molar-refractivity contribution < 1.29 is 33.7 Å². The van der Waals surface area contributed by atoms with Crippen LogP contribution >= 0.6 is 12.2 Å². The van der Waals surface area contributed by atoms with Crippen LogP contribution in [0.2, 0.25) is 0 Å². The Balaban J connectivity index is 1.58. The minimum Gasteiger partial charge on any atom is -0.490 e. The number of hydrogen-bond acceptors (Lipinski definition) is 7. The van der Waals surface area contributed by atoms with Crippen molar-refractivity contribution in [3.8, 4) is 23.0 Å². The minimum atomic E-state index is -1.13. The summed E-state index contributed by atoms with van der Waals surface area (Å²) in [5.74, 6) is -0.626. The molecule has 0 radical (unpaired) electrons. The number of anilines is 1. The van der Waals surface area contributed by atoms with Crippen LogP contribution in [0.1, 0.15) is 12.5 Å². The van der Waals surface area contributed by atoms with Gasteiger partial charge in [-0.1, -0.05) is 24.3 Å². The molecule has 1 saturated heterocycles. The third-order valence-corrected chi connectivity index (χ3v) is 5.39. The summed E-state index contributed by atoms with van der Waals surface area (Å²) in [6.45, 7) is 1.52. The zero-order chi connectivity index (χ0) is 26.4. The number of carboxylic acids is 1. The lowest BCUT2D eigenvalue weighted by molar-refractivity contribution is -0.139. The maximum Gasteiger partial charge on any atom is 0.341 e. The predicted molar refractivity (Wildman–Crippen MR) is 140 cm³/mol. The first-order chi connectivity index (χ1) is 17.9. The number of carboxylic acid groups (broad SMARTS) is 1. The molecule has 1 heterocycles. The third kappa shape index (κ3) is 6.11. The molecule has 4 rings (SSSR count). The van der Waals surface area contributed by atoms with Crippen LogP contribution < -0.4 is 24.4 Å². The summed E-state index contributed by atoms with van der Waals surface area (Å²) in [7, 11) is 0. The van der Waals surface area contributed by atoms with E-state index in [0.29, 0.717) is 29.4 Å². The van der Waals surface area contributed by atoms with Crippen molar-refractivity contribution in [2.75, 3.05) is 18.1 Å². The Hall–Kier alpha value is -4.70. The quantitative estimate of drug-likeness (QED) is 0.246. The van der Waals surface area contributed by atoms with Crippen molar-refractivity contribution in [2.45, 2.75) is 6.92 Å². The lowest BCUT2D eigenvalue weighted by Crippen LogP contribution is -2.54. The van der Waals surface area contributed by atoms with Gasteiger partial charge in [-0.15, -0.1) is 0 Å². The molecule has 1 aliphatic rings. The van der Waals surface area contributed by atoms with Gasteiger partial charge in [0.05, 0.1) is 12.3 Å². The van der Waals surface area contributed by atoms with Crippen molar-refractivity contribution in [1.29, 1.82) is 0 Å². The Morgan fingerprint density at radius 1 is 0.973 bits per heavy atom. The zero-order valence-corrected chi connectivity index (χ0v) is 20.5. The molecule has 1 aliphatic heterocycles. The van der Waals surface area contributed by atoms with Gasteiger partial charge in [0.25, 0.3) is 11.8 Å². The molecule has 2 N–H and O–H groups in total. The highest BCUT2D eigenvalue weighted by atomic mass is 32.1. The fraction of sp³-hybridized carbons (Fsp3) is 0.111. The summed E-state index contributed by atoms with van der Waals surface area (Å²) in [4.78, 5) is 38.1. The Labute approximate surface area is 217 Å². The molecule has 10 heteroatoms. The molecule has 9 nitrogen and oxygen atoms in total. The molecule has 0 spiro atoms. The van der Waals surface area contributed by atoms with Crippen LogP contribution in [0.25, 0.3) is 6.08 Å². The Morgan fingerprint density at radius 2 is 1.68 bits per heavy atom. The third-order valence-electron chi connectivity index (χ3n) is 5.11. The SMILES string of the molecule is CCOc1cc(/C=C2\C(=O)NC(=S)N(c3ccc(Oc4ccccc4)cc3)C2=O)ccc1OCC(=O)O. The van der Waals surface area contributed by atoms with Gasteiger partial charge in [0.15, 0.2) is 23.2 Å². The van der Waals surface area contributed by atoms with Crippen molar-refractivity contribution in [2.24, 2.45) is 0 Å². The summed E-state index contributed by atoms with van der Waals surface area (Å²) < 4.78 is 16.6. The predicted octanol–water partition coefficient (Wildman–Crippen LogP) is 4.17. The number of carbonyl (C=O) groups excluding carboxylic acids is 2. The standard InChI is InChI=1S/C27H22N2O7S/c1-2-34-23-15-17(8-13-22(23)35-16-24(30)31)14-21-25(32)28-27(37)29(26(21)33)18-9-11-20(12-10-18)36-19-6-4-3-5-7-19/h3-15H,2,16H2,1H3,(H,30,31)(H,28,32,37)/b21-14+. The summed E-state index contributed by atoms with van der Waals surface area (Å²) in [5, 5.41) is 11.4. The van der Waals surface area contributed by atoms with E-state index in [1.165, 1.54) is 17.0 Å². The molecule has 0 atom stereocenters. The lowest BCUT2D eigenvalue weighted by atomic mass is 10.1. The molecule has 0 unspecified atom stereocenters. The van der Waals surface area contributed by atoms with E-state index in [1.54, 1.807) is 43.3 Å². The topological polar surface area (TPSA) is 114 Å². The van der Waals surface area contributed by atoms with Crippen LogP contribution in [0.4, 0.5) is 5.69 Å². The molecule has 3 aromatic rings. The fourth-order valence-electron chi connectivity index (χ4n) is 3.49. The molecule has 1 fully saturated rings. The summed E-state index contributed by atoms with van der Waals surface area (Å²) in [6.07, 6.45) is 1.41. The Kier molecular flexibility index (Phi) is 7.80. The van der Waals surface area contributed by atoms with Crippen molar-refractivity contribution in [1.82, 2.24) is 5.32 Å². The number of benzene rings is 3. The number of para-hydroxylation sites is 1. The largest absolute Gasteiger partial charge is 0.490 e. The number of hydrogen-bond donors (Lipinski definition) is 2. The molecular formula is C27H22N2O7S. The number of ether oxygens (including phenoxy) is 3. The highest BCUT2D eigenvalue weighted by Gasteiger charge is 2.34. The summed E-state index contributed by atoms with van der Waals surface area (Å²) >= 11 is 5.27. The molecule has 0 aliphatic carbocycles. The van der Waals surface area contributed by atoms with E-state index >= 15 is 0 Å². The average Bonchev–Trinajstić information content (AvgIpc) is 2.87. The first kappa shape index (κ1) is 25.4. The molecular weight excluding hydrogens is 496 g/mol. The first-order valence-corrected chi connectivity index (χ1v) is 11.6. The van der Waals surface area contributed by atoms with Crippen LogP contribution in [-0.2, 0) is 14.4 Å². The second kappa shape index (κ2) is 11.4. The molecule has 0 aromatic heterocycles. The zero-order valence-electron chi connectivity index (χ0n) is 19.7. The second-order valence-electron chi connectivity index (χ2n) is 7.69. The lowest BCUT2D eigenvalue weighted by Gasteiger charge is -2.29. The van der Waals surface area contributed by atoms with E-state index in [-0.39, 0.29) is 22.2 Å². The normalized spacial score (nSPS) is 14.4. The van der Waals surface area contributed by atoms with Gasteiger partial charge < -0.3 is 19.3 Å². The highest BCUT2D eigenvalue weighted by molar-refractivity contribution is 7.80. The van der Waals surface area contributed by atoms with E-state index in [0.717, 1.165) is 0 Å². The first-order valence-electron chi connectivity index (χ1n) is 11.2. The molecule has 0 bridgehead atoms. The minimum absolute atomic E-state index is 0.0451. The van der Waals surface area contributed by atoms with Gasteiger partial charge in [-0.3, -0.25) is 19.8 Å². The van der Waals surface area contributed by atoms with Crippen molar-refractivity contribution in [3.63, 3.8) is 0 Å². The second-order valence-corrected chi connectivity index (χ2v) is 8.08. The maximum absolute atomic E-state index is 13.3. The van der Waals surface area contributed by atoms with Crippen LogP contribution in [0.15, 0.2) is 78.4 Å². The van der Waals surface area contributed by atoms with E-state index in [4.69, 9.17) is 31.5 Å². The monoisotopic (exact) mass is 518 g/mol. The van der Waals surface area contributed by atoms with Gasteiger partial charge in [-0.05, 0) is 79.3 Å². The number of nitrogens with zero attached hydrogens (tertiary/aromatic N) is 1. The molecule has 188 valence electrons. The number of amides is 2.